The van der Waals surface area contributed by atoms with Gasteiger partial charge in [0.2, 0.25) is 5.13 Å². The Morgan fingerprint density at radius 1 is 1.04 bits per heavy atom. The van der Waals surface area contributed by atoms with Crippen LogP contribution >= 0.6 is 22.9 Å². The highest BCUT2D eigenvalue weighted by atomic mass is 35.5. The SMILES string of the molecule is O=c1oc2ccc(Cl)cc2cc1-c1nnc(Nc2ccccc2)s1. The Morgan fingerprint density at radius 2 is 1.88 bits per heavy atom. The van der Waals surface area contributed by atoms with Crippen molar-refractivity contribution in [3.63, 3.8) is 0 Å². The molecule has 0 spiro atoms. The first-order chi connectivity index (χ1) is 11.7. The average Bonchev–Trinajstić information content (AvgIpc) is 3.04. The van der Waals surface area contributed by atoms with Gasteiger partial charge in [0.25, 0.3) is 0 Å². The minimum atomic E-state index is -0.452. The molecule has 0 fully saturated rings. The third-order valence-electron chi connectivity index (χ3n) is 3.37. The van der Waals surface area contributed by atoms with Gasteiger partial charge in [0.15, 0.2) is 5.01 Å². The highest BCUT2D eigenvalue weighted by Gasteiger charge is 2.13. The Hall–Kier alpha value is -2.70. The largest absolute Gasteiger partial charge is 0.422 e. The van der Waals surface area contributed by atoms with Crippen LogP contribution < -0.4 is 10.9 Å². The van der Waals surface area contributed by atoms with Crippen molar-refractivity contribution in [2.24, 2.45) is 0 Å². The number of para-hydroxylation sites is 1. The number of hydrogen-bond acceptors (Lipinski definition) is 6. The third-order valence-corrected chi connectivity index (χ3v) is 4.48. The van der Waals surface area contributed by atoms with E-state index >= 15 is 0 Å². The second kappa shape index (κ2) is 6.07. The van der Waals surface area contributed by atoms with E-state index in [9.17, 15) is 4.79 Å². The number of nitrogens with one attached hydrogen (secondary N) is 1. The van der Waals surface area contributed by atoms with Crippen molar-refractivity contribution in [2.45, 2.75) is 0 Å². The molecular weight excluding hydrogens is 346 g/mol. The Labute approximate surface area is 145 Å². The van der Waals surface area contributed by atoms with E-state index in [-0.39, 0.29) is 0 Å². The van der Waals surface area contributed by atoms with Crippen molar-refractivity contribution in [1.29, 1.82) is 0 Å². The Balaban J connectivity index is 1.72. The van der Waals surface area contributed by atoms with E-state index < -0.39 is 5.63 Å². The summed E-state index contributed by atoms with van der Waals surface area (Å²) in [5.41, 5.74) is 1.30. The standard InChI is InChI=1S/C17H10ClN3O2S/c18-11-6-7-14-10(8-11)9-13(16(22)23-14)15-20-21-17(24-15)19-12-4-2-1-3-5-12/h1-9H,(H,19,21). The molecule has 0 bridgehead atoms. The number of hydrogen-bond donors (Lipinski definition) is 1. The van der Waals surface area contributed by atoms with Gasteiger partial charge in [-0.2, -0.15) is 0 Å². The molecule has 4 aromatic rings. The zero-order valence-corrected chi connectivity index (χ0v) is 13.8. The Bertz CT molecular complexity index is 1080. The normalized spacial score (nSPS) is 10.9. The molecule has 2 aromatic carbocycles. The van der Waals surface area contributed by atoms with E-state index in [1.807, 2.05) is 30.3 Å². The molecule has 0 saturated carbocycles. The predicted molar refractivity (Wildman–Crippen MR) is 96.1 cm³/mol. The van der Waals surface area contributed by atoms with Crippen LogP contribution in [0.25, 0.3) is 21.5 Å². The number of fused-ring (bicyclic) bond motifs is 1. The molecule has 2 heterocycles. The van der Waals surface area contributed by atoms with Gasteiger partial charge in [-0.3, -0.25) is 0 Å². The molecule has 1 N–H and O–H groups in total. The van der Waals surface area contributed by atoms with Gasteiger partial charge >= 0.3 is 5.63 Å². The summed E-state index contributed by atoms with van der Waals surface area (Å²) >= 11 is 7.28. The molecule has 4 rings (SSSR count). The summed E-state index contributed by atoms with van der Waals surface area (Å²) in [6.45, 7) is 0. The Kier molecular flexibility index (Phi) is 3.76. The zero-order chi connectivity index (χ0) is 16.5. The van der Waals surface area contributed by atoms with E-state index in [0.717, 1.165) is 11.1 Å². The van der Waals surface area contributed by atoms with Gasteiger partial charge in [-0.1, -0.05) is 41.1 Å². The van der Waals surface area contributed by atoms with Crippen LogP contribution in [0.15, 0.2) is 63.8 Å². The lowest BCUT2D eigenvalue weighted by Gasteiger charge is -2.00. The summed E-state index contributed by atoms with van der Waals surface area (Å²) in [4.78, 5) is 12.2. The maximum atomic E-state index is 12.2. The maximum Gasteiger partial charge on any atom is 0.346 e. The Morgan fingerprint density at radius 3 is 2.71 bits per heavy atom. The first-order valence-corrected chi connectivity index (χ1v) is 8.28. The lowest BCUT2D eigenvalue weighted by molar-refractivity contribution is 0.563. The van der Waals surface area contributed by atoms with Crippen molar-refractivity contribution < 1.29 is 4.42 Å². The maximum absolute atomic E-state index is 12.2. The van der Waals surface area contributed by atoms with E-state index in [4.69, 9.17) is 16.0 Å². The van der Waals surface area contributed by atoms with Crippen molar-refractivity contribution >= 4 is 44.7 Å². The van der Waals surface area contributed by atoms with Gasteiger partial charge < -0.3 is 9.73 Å². The fourth-order valence-corrected chi connectivity index (χ4v) is 3.22. The number of benzene rings is 2. The lowest BCUT2D eigenvalue weighted by atomic mass is 10.2. The van der Waals surface area contributed by atoms with Crippen molar-refractivity contribution in [2.75, 3.05) is 5.32 Å². The van der Waals surface area contributed by atoms with Crippen molar-refractivity contribution in [1.82, 2.24) is 10.2 Å². The van der Waals surface area contributed by atoms with Crippen LogP contribution in [-0.4, -0.2) is 10.2 Å². The van der Waals surface area contributed by atoms with E-state index in [1.54, 1.807) is 24.3 Å². The van der Waals surface area contributed by atoms with Crippen LogP contribution in [0, 0.1) is 0 Å². The monoisotopic (exact) mass is 355 g/mol. The molecule has 0 atom stereocenters. The lowest BCUT2D eigenvalue weighted by Crippen LogP contribution is -2.02. The molecule has 5 nitrogen and oxygen atoms in total. The van der Waals surface area contributed by atoms with Crippen LogP contribution in [0.4, 0.5) is 10.8 Å². The van der Waals surface area contributed by atoms with Crippen LogP contribution in [0.5, 0.6) is 0 Å². The molecule has 0 saturated heterocycles. The average molecular weight is 356 g/mol. The van der Waals surface area contributed by atoms with Crippen LogP contribution in [0.2, 0.25) is 5.02 Å². The third kappa shape index (κ3) is 2.89. The van der Waals surface area contributed by atoms with Gasteiger partial charge in [-0.05, 0) is 36.4 Å². The zero-order valence-electron chi connectivity index (χ0n) is 12.2. The summed E-state index contributed by atoms with van der Waals surface area (Å²) < 4.78 is 5.33. The van der Waals surface area contributed by atoms with E-state index in [0.29, 0.717) is 26.3 Å². The van der Waals surface area contributed by atoms with E-state index in [2.05, 4.69) is 15.5 Å². The minimum absolute atomic E-state index is 0.364. The van der Waals surface area contributed by atoms with E-state index in [1.165, 1.54) is 11.3 Å². The van der Waals surface area contributed by atoms with Crippen LogP contribution in [0.1, 0.15) is 0 Å². The number of halogens is 1. The van der Waals surface area contributed by atoms with Gasteiger partial charge in [0.05, 0.1) is 5.56 Å². The number of aromatic nitrogens is 2. The van der Waals surface area contributed by atoms with Crippen LogP contribution in [-0.2, 0) is 0 Å². The summed E-state index contributed by atoms with van der Waals surface area (Å²) in [5, 5.41) is 13.7. The quantitative estimate of drug-likeness (QED) is 0.539. The molecule has 7 heteroatoms. The molecule has 0 aliphatic heterocycles. The summed E-state index contributed by atoms with van der Waals surface area (Å²) in [6, 6.07) is 16.4. The smallest absolute Gasteiger partial charge is 0.346 e. The number of rotatable bonds is 3. The second-order valence-electron chi connectivity index (χ2n) is 5.03. The molecule has 0 unspecified atom stereocenters. The number of nitrogens with zero attached hydrogens (tertiary/aromatic N) is 2. The van der Waals surface area contributed by atoms with Gasteiger partial charge in [-0.25, -0.2) is 4.79 Å². The van der Waals surface area contributed by atoms with Gasteiger partial charge in [0.1, 0.15) is 5.58 Å². The van der Waals surface area contributed by atoms with Gasteiger partial charge in [0, 0.05) is 16.1 Å². The topological polar surface area (TPSA) is 68.0 Å². The van der Waals surface area contributed by atoms with Crippen molar-refractivity contribution in [3.05, 3.63) is 70.0 Å². The first kappa shape index (κ1) is 14.9. The molecule has 0 radical (unpaired) electrons. The summed E-state index contributed by atoms with van der Waals surface area (Å²) in [7, 11) is 0. The molecule has 118 valence electrons. The molecular formula is C17H10ClN3O2S. The summed E-state index contributed by atoms with van der Waals surface area (Å²) in [6.07, 6.45) is 0. The molecule has 2 aromatic heterocycles. The van der Waals surface area contributed by atoms with Crippen LogP contribution in [0.3, 0.4) is 0 Å². The molecule has 0 amide bonds. The predicted octanol–water partition coefficient (Wildman–Crippen LogP) is 4.71. The summed E-state index contributed by atoms with van der Waals surface area (Å²) in [5.74, 6) is 0. The minimum Gasteiger partial charge on any atom is -0.422 e. The fraction of sp³-hybridized carbons (Fsp3) is 0. The van der Waals surface area contributed by atoms with Gasteiger partial charge in [-0.15, -0.1) is 10.2 Å². The highest BCUT2D eigenvalue weighted by molar-refractivity contribution is 7.18. The van der Waals surface area contributed by atoms with Crippen molar-refractivity contribution in [3.8, 4) is 10.6 Å². The fourth-order valence-electron chi connectivity index (χ4n) is 2.27. The molecule has 24 heavy (non-hydrogen) atoms. The molecule has 0 aliphatic carbocycles. The second-order valence-corrected chi connectivity index (χ2v) is 6.45. The number of anilines is 2. The highest BCUT2D eigenvalue weighted by Crippen LogP contribution is 2.28. The first-order valence-electron chi connectivity index (χ1n) is 7.08. The molecule has 0 aliphatic rings.